The first-order valence-corrected chi connectivity index (χ1v) is 8.04. The van der Waals surface area contributed by atoms with Crippen LogP contribution in [-0.4, -0.2) is 34.3 Å². The van der Waals surface area contributed by atoms with E-state index in [2.05, 4.69) is 21.5 Å². The van der Waals surface area contributed by atoms with Crippen LogP contribution in [0.2, 0.25) is 0 Å². The summed E-state index contributed by atoms with van der Waals surface area (Å²) in [6, 6.07) is 13.3. The fourth-order valence-corrected chi connectivity index (χ4v) is 2.62. The summed E-state index contributed by atoms with van der Waals surface area (Å²) in [6.45, 7) is 2.58. The molecule has 2 aromatic carbocycles. The van der Waals surface area contributed by atoms with Gasteiger partial charge in [-0.3, -0.25) is 4.79 Å². The van der Waals surface area contributed by atoms with E-state index in [0.29, 0.717) is 18.5 Å². The van der Waals surface area contributed by atoms with Gasteiger partial charge in [0.15, 0.2) is 0 Å². The summed E-state index contributed by atoms with van der Waals surface area (Å²) in [6.07, 6.45) is 3.80. The Labute approximate surface area is 146 Å². The molecule has 0 aliphatic carbocycles. The van der Waals surface area contributed by atoms with Crippen molar-refractivity contribution >= 4 is 5.91 Å². The number of nitrogens with one attached hydrogen (secondary N) is 1. The Hall–Kier alpha value is -3.15. The van der Waals surface area contributed by atoms with Crippen molar-refractivity contribution in [1.29, 1.82) is 0 Å². The number of aryl methyl sites for hydroxylation is 1. The van der Waals surface area contributed by atoms with Crippen molar-refractivity contribution in [2.75, 3.05) is 13.7 Å². The van der Waals surface area contributed by atoms with Crippen LogP contribution in [0.3, 0.4) is 0 Å². The van der Waals surface area contributed by atoms with Gasteiger partial charge in [-0.2, -0.15) is 5.10 Å². The summed E-state index contributed by atoms with van der Waals surface area (Å²) in [5.74, 6) is 0.744. The van der Waals surface area contributed by atoms with Gasteiger partial charge in [0.1, 0.15) is 18.4 Å². The molecule has 0 aliphatic heterocycles. The monoisotopic (exact) mass is 336 g/mol. The van der Waals surface area contributed by atoms with E-state index in [1.54, 1.807) is 30.3 Å². The van der Waals surface area contributed by atoms with Crippen molar-refractivity contribution in [3.05, 3.63) is 71.8 Å². The minimum absolute atomic E-state index is 0.100. The number of ether oxygens (including phenoxy) is 1. The van der Waals surface area contributed by atoms with Crippen molar-refractivity contribution in [3.63, 3.8) is 0 Å². The van der Waals surface area contributed by atoms with E-state index >= 15 is 0 Å². The fraction of sp³-hybridized carbons (Fsp3) is 0.211. The first-order chi connectivity index (χ1) is 12.2. The van der Waals surface area contributed by atoms with Crippen LogP contribution in [0.15, 0.2) is 55.1 Å². The molecule has 3 rings (SSSR count). The predicted octanol–water partition coefficient (Wildman–Crippen LogP) is 2.56. The van der Waals surface area contributed by atoms with Gasteiger partial charge in [-0.25, -0.2) is 9.67 Å². The van der Waals surface area contributed by atoms with Crippen molar-refractivity contribution in [3.8, 4) is 11.4 Å². The quantitative estimate of drug-likeness (QED) is 0.751. The molecule has 1 amide bonds. The molecule has 128 valence electrons. The second-order valence-corrected chi connectivity index (χ2v) is 5.71. The molecule has 0 spiro atoms. The molecule has 0 fully saturated rings. The molecular formula is C19H20N4O2. The molecule has 0 atom stereocenters. The van der Waals surface area contributed by atoms with E-state index in [9.17, 15) is 4.79 Å². The topological polar surface area (TPSA) is 69.0 Å². The summed E-state index contributed by atoms with van der Waals surface area (Å²) in [4.78, 5) is 16.2. The average Bonchev–Trinajstić information content (AvgIpc) is 3.17. The summed E-state index contributed by atoms with van der Waals surface area (Å²) in [5, 5.41) is 7.00. The number of aromatic nitrogens is 3. The lowest BCUT2D eigenvalue weighted by Gasteiger charge is -2.10. The maximum Gasteiger partial charge on any atom is 0.251 e. The van der Waals surface area contributed by atoms with Crippen LogP contribution in [0.5, 0.6) is 5.75 Å². The minimum atomic E-state index is -0.100. The molecule has 0 saturated heterocycles. The first-order valence-electron chi connectivity index (χ1n) is 8.04. The number of benzene rings is 2. The predicted molar refractivity (Wildman–Crippen MR) is 95.1 cm³/mol. The van der Waals surface area contributed by atoms with Gasteiger partial charge in [0, 0.05) is 12.1 Å². The summed E-state index contributed by atoms with van der Waals surface area (Å²) < 4.78 is 7.01. The van der Waals surface area contributed by atoms with Crippen LogP contribution in [-0.2, 0) is 6.42 Å². The maximum absolute atomic E-state index is 12.3. The lowest BCUT2D eigenvalue weighted by molar-refractivity contribution is 0.0954. The van der Waals surface area contributed by atoms with Crippen LogP contribution in [0.4, 0.5) is 0 Å². The molecule has 1 heterocycles. The number of amides is 1. The highest BCUT2D eigenvalue weighted by Gasteiger charge is 2.07. The zero-order valence-electron chi connectivity index (χ0n) is 14.3. The van der Waals surface area contributed by atoms with Gasteiger partial charge in [0.25, 0.3) is 5.91 Å². The number of carbonyl (C=O) groups excluding carboxylic acids is 1. The molecular weight excluding hydrogens is 316 g/mol. The van der Waals surface area contributed by atoms with Crippen molar-refractivity contribution in [2.45, 2.75) is 13.3 Å². The highest BCUT2D eigenvalue weighted by molar-refractivity contribution is 5.94. The number of hydrogen-bond donors (Lipinski definition) is 1. The van der Waals surface area contributed by atoms with Gasteiger partial charge in [-0.1, -0.05) is 17.7 Å². The van der Waals surface area contributed by atoms with Crippen molar-refractivity contribution in [1.82, 2.24) is 20.1 Å². The molecule has 3 aromatic rings. The molecule has 25 heavy (non-hydrogen) atoms. The molecule has 0 bridgehead atoms. The first kappa shape index (κ1) is 16.7. The van der Waals surface area contributed by atoms with Crippen LogP contribution in [0.25, 0.3) is 5.69 Å². The second-order valence-electron chi connectivity index (χ2n) is 5.71. The van der Waals surface area contributed by atoms with E-state index in [1.807, 2.05) is 31.2 Å². The fourth-order valence-electron chi connectivity index (χ4n) is 2.62. The highest BCUT2D eigenvalue weighted by Crippen LogP contribution is 2.19. The molecule has 0 radical (unpaired) electrons. The Balaban J connectivity index is 1.59. The molecule has 1 N–H and O–H groups in total. The number of methoxy groups -OCH3 is 1. The summed E-state index contributed by atoms with van der Waals surface area (Å²) >= 11 is 0. The minimum Gasteiger partial charge on any atom is -0.496 e. The number of nitrogens with zero attached hydrogens (tertiary/aromatic N) is 3. The Morgan fingerprint density at radius 1 is 1.20 bits per heavy atom. The van der Waals surface area contributed by atoms with E-state index in [4.69, 9.17) is 4.74 Å². The second kappa shape index (κ2) is 7.61. The van der Waals surface area contributed by atoms with Crippen molar-refractivity contribution in [2.24, 2.45) is 0 Å². The zero-order chi connectivity index (χ0) is 17.6. The SMILES string of the molecule is COc1ccc(C)cc1CCNC(=O)c1ccc(-n2cncn2)cc1. The lowest BCUT2D eigenvalue weighted by Crippen LogP contribution is -2.25. The average molecular weight is 336 g/mol. The number of carbonyl (C=O) groups is 1. The lowest BCUT2D eigenvalue weighted by atomic mass is 10.1. The van der Waals surface area contributed by atoms with Crippen LogP contribution < -0.4 is 10.1 Å². The Morgan fingerprint density at radius 3 is 2.68 bits per heavy atom. The standard InChI is InChI=1S/C19H20N4O2/c1-14-3-8-18(25-2)16(11-14)9-10-21-19(24)15-4-6-17(7-5-15)23-13-20-12-22-23/h3-8,11-13H,9-10H2,1-2H3,(H,21,24). The third-order valence-corrected chi connectivity index (χ3v) is 3.93. The maximum atomic E-state index is 12.3. The number of hydrogen-bond acceptors (Lipinski definition) is 4. The Kier molecular flexibility index (Phi) is 5.09. The van der Waals surface area contributed by atoms with E-state index in [-0.39, 0.29) is 5.91 Å². The third kappa shape index (κ3) is 4.03. The van der Waals surface area contributed by atoms with E-state index in [0.717, 1.165) is 17.0 Å². The summed E-state index contributed by atoms with van der Waals surface area (Å²) in [5.41, 5.74) is 3.73. The van der Waals surface area contributed by atoms with Gasteiger partial charge >= 0.3 is 0 Å². The molecule has 0 saturated carbocycles. The molecule has 1 aromatic heterocycles. The largest absolute Gasteiger partial charge is 0.496 e. The molecule has 0 unspecified atom stereocenters. The van der Waals surface area contributed by atoms with Crippen LogP contribution in [0, 0.1) is 6.92 Å². The third-order valence-electron chi connectivity index (χ3n) is 3.93. The molecule has 6 heteroatoms. The smallest absolute Gasteiger partial charge is 0.251 e. The van der Waals surface area contributed by atoms with Crippen molar-refractivity contribution < 1.29 is 9.53 Å². The van der Waals surface area contributed by atoms with E-state index < -0.39 is 0 Å². The van der Waals surface area contributed by atoms with Crippen LogP contribution in [0.1, 0.15) is 21.5 Å². The van der Waals surface area contributed by atoms with Gasteiger partial charge < -0.3 is 10.1 Å². The van der Waals surface area contributed by atoms with Crippen LogP contribution >= 0.6 is 0 Å². The van der Waals surface area contributed by atoms with E-state index in [1.165, 1.54) is 11.9 Å². The van der Waals surface area contributed by atoms with Gasteiger partial charge in [-0.15, -0.1) is 0 Å². The van der Waals surface area contributed by atoms with Gasteiger partial charge in [0.2, 0.25) is 0 Å². The molecule has 6 nitrogen and oxygen atoms in total. The highest BCUT2D eigenvalue weighted by atomic mass is 16.5. The van der Waals surface area contributed by atoms with Gasteiger partial charge in [-0.05, 0) is 49.2 Å². The Bertz CT molecular complexity index is 842. The Morgan fingerprint density at radius 2 is 2.00 bits per heavy atom. The zero-order valence-corrected chi connectivity index (χ0v) is 14.3. The number of rotatable bonds is 6. The van der Waals surface area contributed by atoms with Gasteiger partial charge in [0.05, 0.1) is 12.8 Å². The molecule has 0 aliphatic rings. The summed E-state index contributed by atoms with van der Waals surface area (Å²) in [7, 11) is 1.66. The normalized spacial score (nSPS) is 10.5.